The molecule has 150 valence electrons. The molecule has 0 amide bonds. The van der Waals surface area contributed by atoms with E-state index in [0.29, 0.717) is 6.42 Å². The second-order valence-electron chi connectivity index (χ2n) is 6.37. The lowest BCUT2D eigenvalue weighted by molar-refractivity contribution is -0.146. The standard InChI is InChI=1S/C21H35BrO4/c1-4-20(26-18(2)23)19(22)16-14-12-10-8-6-5-7-9-11-13-15-17-21(24)25-3/h6,8,12,14,19-20H,4-5,7,9-11,13,15-17H2,1-3H3/b8-6-,14-12-/t19-,20-/m1/s1. The van der Waals surface area contributed by atoms with E-state index in [0.717, 1.165) is 38.5 Å². The van der Waals surface area contributed by atoms with Crippen molar-refractivity contribution in [2.24, 2.45) is 0 Å². The Bertz CT molecular complexity index is 432. The van der Waals surface area contributed by atoms with E-state index in [1.807, 2.05) is 6.92 Å². The summed E-state index contributed by atoms with van der Waals surface area (Å²) in [5, 5.41) is 0. The van der Waals surface area contributed by atoms with Crippen LogP contribution in [0.3, 0.4) is 0 Å². The lowest BCUT2D eigenvalue weighted by Gasteiger charge is -2.19. The Morgan fingerprint density at radius 2 is 1.65 bits per heavy atom. The second-order valence-corrected chi connectivity index (χ2v) is 7.55. The van der Waals surface area contributed by atoms with Crippen LogP contribution in [0.1, 0.15) is 78.1 Å². The molecule has 5 heteroatoms. The van der Waals surface area contributed by atoms with Gasteiger partial charge in [-0.05, 0) is 38.5 Å². The van der Waals surface area contributed by atoms with Crippen molar-refractivity contribution < 1.29 is 19.1 Å². The molecule has 26 heavy (non-hydrogen) atoms. The van der Waals surface area contributed by atoms with E-state index in [-0.39, 0.29) is 22.9 Å². The summed E-state index contributed by atoms with van der Waals surface area (Å²) in [6.07, 6.45) is 18.5. The zero-order valence-electron chi connectivity index (χ0n) is 16.5. The van der Waals surface area contributed by atoms with Crippen molar-refractivity contribution in [3.63, 3.8) is 0 Å². The number of esters is 2. The minimum Gasteiger partial charge on any atom is -0.469 e. The quantitative estimate of drug-likeness (QED) is 0.140. The summed E-state index contributed by atoms with van der Waals surface area (Å²) in [5.74, 6) is -0.333. The van der Waals surface area contributed by atoms with Crippen LogP contribution in [-0.2, 0) is 19.1 Å². The SMILES string of the molecule is CC[C@@H](OC(C)=O)[C@H](Br)C/C=C\C/C=C\CCCCCCCC(=O)OC. The molecule has 0 aromatic carbocycles. The van der Waals surface area contributed by atoms with Crippen LogP contribution in [0.4, 0.5) is 0 Å². The van der Waals surface area contributed by atoms with Crippen molar-refractivity contribution in [1.82, 2.24) is 0 Å². The predicted octanol–water partition coefficient (Wildman–Crippen LogP) is 5.89. The van der Waals surface area contributed by atoms with Gasteiger partial charge in [-0.25, -0.2) is 0 Å². The highest BCUT2D eigenvalue weighted by Crippen LogP contribution is 2.17. The molecule has 0 heterocycles. The number of alkyl halides is 1. The van der Waals surface area contributed by atoms with E-state index in [1.165, 1.54) is 33.3 Å². The third-order valence-corrected chi connectivity index (χ3v) is 5.03. The van der Waals surface area contributed by atoms with Gasteiger partial charge in [-0.1, -0.05) is 66.4 Å². The lowest BCUT2D eigenvalue weighted by Crippen LogP contribution is -2.25. The number of carbonyl (C=O) groups is 2. The van der Waals surface area contributed by atoms with Gasteiger partial charge in [0.1, 0.15) is 6.10 Å². The summed E-state index contributed by atoms with van der Waals surface area (Å²) in [5.41, 5.74) is 0. The van der Waals surface area contributed by atoms with Crippen molar-refractivity contribution in [2.45, 2.75) is 89.0 Å². The summed E-state index contributed by atoms with van der Waals surface area (Å²) in [7, 11) is 1.44. The average Bonchev–Trinajstić information content (AvgIpc) is 2.62. The first kappa shape index (κ1) is 24.9. The number of rotatable bonds is 15. The molecule has 0 unspecified atom stereocenters. The molecular formula is C21H35BrO4. The van der Waals surface area contributed by atoms with Crippen LogP contribution in [0.2, 0.25) is 0 Å². The fraction of sp³-hybridized carbons (Fsp3) is 0.714. The van der Waals surface area contributed by atoms with Gasteiger partial charge in [-0.2, -0.15) is 0 Å². The molecule has 0 fully saturated rings. The number of methoxy groups -OCH3 is 1. The number of ether oxygens (including phenoxy) is 2. The summed E-state index contributed by atoms with van der Waals surface area (Å²) in [6.45, 7) is 3.47. The number of hydrogen-bond donors (Lipinski definition) is 0. The topological polar surface area (TPSA) is 52.6 Å². The van der Waals surface area contributed by atoms with Crippen molar-refractivity contribution >= 4 is 27.9 Å². The Hall–Kier alpha value is -1.10. The van der Waals surface area contributed by atoms with Gasteiger partial charge in [-0.3, -0.25) is 9.59 Å². The van der Waals surface area contributed by atoms with Crippen LogP contribution in [0.15, 0.2) is 24.3 Å². The first-order valence-corrected chi connectivity index (χ1v) is 10.6. The summed E-state index contributed by atoms with van der Waals surface area (Å²) in [4.78, 5) is 22.2. The van der Waals surface area contributed by atoms with E-state index >= 15 is 0 Å². The third kappa shape index (κ3) is 15.2. The zero-order valence-corrected chi connectivity index (χ0v) is 18.1. The maximum atomic E-state index is 11.0. The van der Waals surface area contributed by atoms with Crippen LogP contribution < -0.4 is 0 Å². The highest BCUT2D eigenvalue weighted by atomic mass is 79.9. The summed E-state index contributed by atoms with van der Waals surface area (Å²) < 4.78 is 9.90. The van der Waals surface area contributed by atoms with Gasteiger partial charge in [-0.15, -0.1) is 0 Å². The molecule has 0 N–H and O–H groups in total. The smallest absolute Gasteiger partial charge is 0.305 e. The van der Waals surface area contributed by atoms with Gasteiger partial charge in [0.15, 0.2) is 0 Å². The first-order chi connectivity index (χ1) is 12.5. The molecule has 0 aliphatic heterocycles. The van der Waals surface area contributed by atoms with E-state index in [9.17, 15) is 9.59 Å². The van der Waals surface area contributed by atoms with Crippen LogP contribution in [0, 0.1) is 0 Å². The van der Waals surface area contributed by atoms with Gasteiger partial charge in [0, 0.05) is 13.3 Å². The Morgan fingerprint density at radius 3 is 2.31 bits per heavy atom. The van der Waals surface area contributed by atoms with E-state index in [4.69, 9.17) is 4.74 Å². The molecule has 0 saturated carbocycles. The van der Waals surface area contributed by atoms with E-state index in [1.54, 1.807) is 0 Å². The number of halogens is 1. The van der Waals surface area contributed by atoms with Gasteiger partial charge >= 0.3 is 11.9 Å². The molecule has 0 aromatic heterocycles. The summed E-state index contributed by atoms with van der Waals surface area (Å²) >= 11 is 3.60. The molecule has 0 aromatic rings. The second kappa shape index (κ2) is 17.3. The van der Waals surface area contributed by atoms with Crippen LogP contribution in [-0.4, -0.2) is 30.0 Å². The third-order valence-electron chi connectivity index (χ3n) is 4.07. The Labute approximate surface area is 167 Å². The van der Waals surface area contributed by atoms with Crippen LogP contribution in [0.25, 0.3) is 0 Å². The number of carbonyl (C=O) groups excluding carboxylic acids is 2. The summed E-state index contributed by atoms with van der Waals surface area (Å²) in [6, 6.07) is 0. The van der Waals surface area contributed by atoms with Crippen molar-refractivity contribution in [3.8, 4) is 0 Å². The largest absolute Gasteiger partial charge is 0.469 e. The van der Waals surface area contributed by atoms with Crippen molar-refractivity contribution in [1.29, 1.82) is 0 Å². The van der Waals surface area contributed by atoms with Gasteiger partial charge in [0.2, 0.25) is 0 Å². The average molecular weight is 431 g/mol. The molecule has 2 atom stereocenters. The Kier molecular flexibility index (Phi) is 16.6. The highest BCUT2D eigenvalue weighted by Gasteiger charge is 2.18. The number of hydrogen-bond acceptors (Lipinski definition) is 4. The van der Waals surface area contributed by atoms with Crippen molar-refractivity contribution in [3.05, 3.63) is 24.3 Å². The molecule has 0 spiro atoms. The molecule has 4 nitrogen and oxygen atoms in total. The Morgan fingerprint density at radius 1 is 1.00 bits per heavy atom. The maximum Gasteiger partial charge on any atom is 0.305 e. The fourth-order valence-corrected chi connectivity index (χ4v) is 3.25. The number of allylic oxidation sites excluding steroid dienone is 4. The molecular weight excluding hydrogens is 396 g/mol. The molecule has 0 rings (SSSR count). The first-order valence-electron chi connectivity index (χ1n) is 9.69. The van der Waals surface area contributed by atoms with Gasteiger partial charge < -0.3 is 9.47 Å². The highest BCUT2D eigenvalue weighted by molar-refractivity contribution is 9.09. The van der Waals surface area contributed by atoms with Gasteiger partial charge in [0.25, 0.3) is 0 Å². The van der Waals surface area contributed by atoms with Crippen molar-refractivity contribution in [2.75, 3.05) is 7.11 Å². The minimum atomic E-state index is -0.225. The lowest BCUT2D eigenvalue weighted by atomic mass is 10.1. The molecule has 0 radical (unpaired) electrons. The predicted molar refractivity (Wildman–Crippen MR) is 110 cm³/mol. The van der Waals surface area contributed by atoms with Gasteiger partial charge in [0.05, 0.1) is 11.9 Å². The van der Waals surface area contributed by atoms with Crippen LogP contribution in [0.5, 0.6) is 0 Å². The monoisotopic (exact) mass is 430 g/mol. The van der Waals surface area contributed by atoms with E-state index in [2.05, 4.69) is 45.0 Å². The molecule has 0 saturated heterocycles. The Balaban J connectivity index is 3.61. The van der Waals surface area contributed by atoms with Crippen LogP contribution >= 0.6 is 15.9 Å². The number of unbranched alkanes of at least 4 members (excludes halogenated alkanes) is 5. The normalized spacial score (nSPS) is 13.8. The fourth-order valence-electron chi connectivity index (χ4n) is 2.56. The van der Waals surface area contributed by atoms with E-state index < -0.39 is 0 Å². The maximum absolute atomic E-state index is 11.0. The molecule has 0 aliphatic rings. The zero-order chi connectivity index (χ0) is 19.6. The molecule has 0 bridgehead atoms. The molecule has 0 aliphatic carbocycles. The minimum absolute atomic E-state index is 0.0692.